The van der Waals surface area contributed by atoms with Crippen LogP contribution < -0.4 is 5.32 Å². The minimum absolute atomic E-state index is 0.0954. The van der Waals surface area contributed by atoms with Crippen LogP contribution in [0.3, 0.4) is 0 Å². The number of benzene rings is 2. The highest BCUT2D eigenvalue weighted by Gasteiger charge is 2.33. The number of carbonyl (C=O) groups excluding carboxylic acids is 1. The van der Waals surface area contributed by atoms with E-state index >= 15 is 0 Å². The molecular weight excluding hydrogens is 355 g/mol. The second-order valence-corrected chi connectivity index (χ2v) is 5.60. The zero-order valence-corrected chi connectivity index (χ0v) is 13.4. The molecule has 0 unspecified atom stereocenters. The molecule has 0 aliphatic rings. The van der Waals surface area contributed by atoms with Gasteiger partial charge in [-0.1, -0.05) is 23.7 Å². The third-order valence-corrected chi connectivity index (χ3v) is 3.69. The largest absolute Gasteiger partial charge is 0.451 e. The maximum atomic E-state index is 13.0. The number of amides is 1. The first-order valence-corrected chi connectivity index (χ1v) is 7.56. The van der Waals surface area contributed by atoms with Crippen LogP contribution in [0.5, 0.6) is 0 Å². The minimum atomic E-state index is -4.57. The molecule has 2 aromatic carbocycles. The molecule has 0 saturated heterocycles. The van der Waals surface area contributed by atoms with Gasteiger partial charge in [0.25, 0.3) is 5.91 Å². The van der Waals surface area contributed by atoms with Crippen LogP contribution in [-0.2, 0) is 6.18 Å². The molecule has 0 radical (unpaired) electrons. The van der Waals surface area contributed by atoms with E-state index in [0.717, 1.165) is 6.07 Å². The van der Waals surface area contributed by atoms with Crippen LogP contribution in [0.25, 0.3) is 11.3 Å². The molecule has 1 aromatic heterocycles. The number of rotatable bonds is 3. The Labute approximate surface area is 146 Å². The summed E-state index contributed by atoms with van der Waals surface area (Å²) in [6.07, 6.45) is -4.57. The van der Waals surface area contributed by atoms with Gasteiger partial charge < -0.3 is 9.73 Å². The molecule has 1 heterocycles. The van der Waals surface area contributed by atoms with Crippen molar-refractivity contribution >= 4 is 23.2 Å². The number of hydrogen-bond donors (Lipinski definition) is 1. The topological polar surface area (TPSA) is 42.2 Å². The Balaban J connectivity index is 1.83. The predicted octanol–water partition coefficient (Wildman–Crippen LogP) is 5.87. The van der Waals surface area contributed by atoms with Gasteiger partial charge in [-0.05, 0) is 48.5 Å². The molecule has 0 aliphatic heterocycles. The number of halogens is 4. The average Bonchev–Trinajstić information content (AvgIpc) is 3.05. The van der Waals surface area contributed by atoms with Gasteiger partial charge in [-0.25, -0.2) is 0 Å². The van der Waals surface area contributed by atoms with E-state index in [2.05, 4.69) is 5.32 Å². The monoisotopic (exact) mass is 365 g/mol. The third kappa shape index (κ3) is 3.85. The fourth-order valence-corrected chi connectivity index (χ4v) is 2.38. The summed E-state index contributed by atoms with van der Waals surface area (Å²) >= 11 is 5.81. The summed E-state index contributed by atoms with van der Waals surface area (Å²) in [5.41, 5.74) is -0.559. The van der Waals surface area contributed by atoms with Gasteiger partial charge in [0.05, 0.1) is 11.3 Å². The van der Waals surface area contributed by atoms with Crippen molar-refractivity contribution in [3.63, 3.8) is 0 Å². The Hall–Kier alpha value is -2.73. The first kappa shape index (κ1) is 17.1. The van der Waals surface area contributed by atoms with E-state index < -0.39 is 17.6 Å². The lowest BCUT2D eigenvalue weighted by atomic mass is 10.1. The second-order valence-electron chi connectivity index (χ2n) is 5.17. The van der Waals surface area contributed by atoms with Crippen LogP contribution in [0.2, 0.25) is 5.02 Å². The molecule has 0 bridgehead atoms. The van der Waals surface area contributed by atoms with Crippen LogP contribution in [0.15, 0.2) is 65.1 Å². The molecule has 128 valence electrons. The second kappa shape index (κ2) is 6.64. The number of furan rings is 1. The number of hydrogen-bond acceptors (Lipinski definition) is 2. The predicted molar refractivity (Wildman–Crippen MR) is 88.6 cm³/mol. The fourth-order valence-electron chi connectivity index (χ4n) is 2.25. The van der Waals surface area contributed by atoms with Crippen molar-refractivity contribution in [1.29, 1.82) is 0 Å². The maximum Gasteiger partial charge on any atom is 0.418 e. The Kier molecular flexibility index (Phi) is 4.55. The molecular formula is C18H11ClF3NO2. The van der Waals surface area contributed by atoms with Crippen molar-refractivity contribution in [3.8, 4) is 11.3 Å². The smallest absolute Gasteiger partial charge is 0.418 e. The van der Waals surface area contributed by atoms with Crippen molar-refractivity contribution < 1.29 is 22.4 Å². The molecule has 0 aliphatic carbocycles. The molecule has 25 heavy (non-hydrogen) atoms. The summed E-state index contributed by atoms with van der Waals surface area (Å²) in [4.78, 5) is 12.2. The highest BCUT2D eigenvalue weighted by molar-refractivity contribution is 6.30. The average molecular weight is 366 g/mol. The fraction of sp³-hybridized carbons (Fsp3) is 0.0556. The first-order chi connectivity index (χ1) is 11.8. The van der Waals surface area contributed by atoms with Crippen LogP contribution >= 0.6 is 11.6 Å². The zero-order valence-electron chi connectivity index (χ0n) is 12.6. The first-order valence-electron chi connectivity index (χ1n) is 7.18. The van der Waals surface area contributed by atoms with E-state index in [-0.39, 0.29) is 11.4 Å². The van der Waals surface area contributed by atoms with Crippen LogP contribution in [0, 0.1) is 0 Å². The quantitative estimate of drug-likeness (QED) is 0.630. The standard InChI is InChI=1S/C18H11ClF3NO2/c19-12-7-5-11(6-8-12)15-9-10-16(25-15)17(24)23-14-4-2-1-3-13(14)18(20,21)22/h1-10H,(H,23,24). The summed E-state index contributed by atoms with van der Waals surface area (Å²) in [6, 6.07) is 14.5. The molecule has 1 N–H and O–H groups in total. The number of para-hydroxylation sites is 1. The van der Waals surface area contributed by atoms with E-state index in [0.29, 0.717) is 16.3 Å². The summed E-state index contributed by atoms with van der Waals surface area (Å²) < 4.78 is 44.4. The zero-order chi connectivity index (χ0) is 18.0. The van der Waals surface area contributed by atoms with E-state index in [1.807, 2.05) is 0 Å². The van der Waals surface area contributed by atoms with Crippen LogP contribution in [-0.4, -0.2) is 5.91 Å². The van der Waals surface area contributed by atoms with E-state index in [1.165, 1.54) is 24.3 Å². The number of carbonyl (C=O) groups is 1. The van der Waals surface area contributed by atoms with Crippen LogP contribution in [0.4, 0.5) is 18.9 Å². The summed E-state index contributed by atoms with van der Waals surface area (Å²) in [5, 5.41) is 2.79. The van der Waals surface area contributed by atoms with Gasteiger partial charge in [-0.15, -0.1) is 0 Å². The molecule has 3 aromatic rings. The van der Waals surface area contributed by atoms with Crippen molar-refractivity contribution in [2.45, 2.75) is 6.18 Å². The van der Waals surface area contributed by atoms with E-state index in [9.17, 15) is 18.0 Å². The number of anilines is 1. The molecule has 3 rings (SSSR count). The van der Waals surface area contributed by atoms with Gasteiger partial charge in [0.1, 0.15) is 5.76 Å². The Morgan fingerprint density at radius 2 is 1.64 bits per heavy atom. The van der Waals surface area contributed by atoms with Gasteiger partial charge in [-0.3, -0.25) is 4.79 Å². The Morgan fingerprint density at radius 1 is 0.960 bits per heavy atom. The lowest BCUT2D eigenvalue weighted by Crippen LogP contribution is -2.16. The molecule has 0 atom stereocenters. The normalized spacial score (nSPS) is 11.4. The summed E-state index contributed by atoms with van der Waals surface area (Å²) in [5.74, 6) is -0.454. The lowest BCUT2D eigenvalue weighted by molar-refractivity contribution is -0.136. The van der Waals surface area contributed by atoms with Gasteiger partial charge in [0.15, 0.2) is 5.76 Å². The van der Waals surface area contributed by atoms with E-state index in [1.54, 1.807) is 30.3 Å². The Morgan fingerprint density at radius 3 is 2.32 bits per heavy atom. The van der Waals surface area contributed by atoms with Crippen molar-refractivity contribution in [1.82, 2.24) is 0 Å². The number of alkyl halides is 3. The van der Waals surface area contributed by atoms with Gasteiger partial charge in [-0.2, -0.15) is 13.2 Å². The van der Waals surface area contributed by atoms with Crippen LogP contribution in [0.1, 0.15) is 16.1 Å². The SMILES string of the molecule is O=C(Nc1ccccc1C(F)(F)F)c1ccc(-c2ccc(Cl)cc2)o1. The maximum absolute atomic E-state index is 13.0. The molecule has 3 nitrogen and oxygen atoms in total. The third-order valence-electron chi connectivity index (χ3n) is 3.44. The summed E-state index contributed by atoms with van der Waals surface area (Å²) in [6.45, 7) is 0. The van der Waals surface area contributed by atoms with Gasteiger partial charge in [0, 0.05) is 10.6 Å². The molecule has 1 amide bonds. The Bertz CT molecular complexity index is 901. The molecule has 0 fully saturated rings. The molecule has 0 saturated carbocycles. The van der Waals surface area contributed by atoms with Crippen molar-refractivity contribution in [3.05, 3.63) is 77.0 Å². The van der Waals surface area contributed by atoms with Gasteiger partial charge in [0.2, 0.25) is 0 Å². The molecule has 7 heteroatoms. The van der Waals surface area contributed by atoms with E-state index in [4.69, 9.17) is 16.0 Å². The summed E-state index contributed by atoms with van der Waals surface area (Å²) in [7, 11) is 0. The highest BCUT2D eigenvalue weighted by Crippen LogP contribution is 2.35. The highest BCUT2D eigenvalue weighted by atomic mass is 35.5. The lowest BCUT2D eigenvalue weighted by Gasteiger charge is -2.12. The van der Waals surface area contributed by atoms with Crippen molar-refractivity contribution in [2.24, 2.45) is 0 Å². The van der Waals surface area contributed by atoms with Crippen molar-refractivity contribution in [2.75, 3.05) is 5.32 Å². The number of nitrogens with one attached hydrogen (secondary N) is 1. The molecule has 0 spiro atoms. The minimum Gasteiger partial charge on any atom is -0.451 e. The van der Waals surface area contributed by atoms with Gasteiger partial charge >= 0.3 is 6.18 Å².